The van der Waals surface area contributed by atoms with E-state index in [1.165, 1.54) is 18.7 Å². The highest BCUT2D eigenvalue weighted by Gasteiger charge is 2.25. The number of ether oxygens (including phenoxy) is 1. The second-order valence-corrected chi connectivity index (χ2v) is 8.57. The highest BCUT2D eigenvalue weighted by atomic mass is 32.2. The fraction of sp³-hybridized carbons (Fsp3) is 0.286. The van der Waals surface area contributed by atoms with Crippen LogP contribution in [0.2, 0.25) is 0 Å². The minimum atomic E-state index is -0.562. The van der Waals surface area contributed by atoms with Gasteiger partial charge >= 0.3 is 5.97 Å². The molecule has 3 rings (SSSR count). The van der Waals surface area contributed by atoms with E-state index in [0.717, 1.165) is 16.9 Å². The predicted octanol–water partition coefficient (Wildman–Crippen LogP) is 3.96. The molecule has 0 saturated heterocycles. The molecule has 1 N–H and O–H groups in total. The molecule has 0 fully saturated rings. The average molecular weight is 459 g/mol. The van der Waals surface area contributed by atoms with Gasteiger partial charge in [-0.15, -0.1) is 21.5 Å². The van der Waals surface area contributed by atoms with Crippen LogP contribution in [-0.2, 0) is 16.6 Å². The first-order chi connectivity index (χ1) is 14.8. The second kappa shape index (κ2) is 9.88. The Morgan fingerprint density at radius 3 is 2.55 bits per heavy atom. The Hall–Kier alpha value is -2.98. The van der Waals surface area contributed by atoms with Gasteiger partial charge in [0.05, 0.1) is 22.8 Å². The quantitative estimate of drug-likeness (QED) is 0.310. The summed E-state index contributed by atoms with van der Waals surface area (Å²) in [4.78, 5) is 37.2. The van der Waals surface area contributed by atoms with Crippen molar-refractivity contribution in [3.8, 4) is 11.4 Å². The van der Waals surface area contributed by atoms with Crippen molar-refractivity contribution in [2.24, 2.45) is 7.05 Å². The van der Waals surface area contributed by atoms with Gasteiger partial charge < -0.3 is 14.6 Å². The van der Waals surface area contributed by atoms with E-state index in [2.05, 4.69) is 15.5 Å². The van der Waals surface area contributed by atoms with Gasteiger partial charge in [0.2, 0.25) is 5.91 Å². The Labute approximate surface area is 188 Å². The third-order valence-corrected chi connectivity index (χ3v) is 6.73. The van der Waals surface area contributed by atoms with Crippen molar-refractivity contribution in [1.29, 1.82) is 0 Å². The van der Waals surface area contributed by atoms with E-state index in [9.17, 15) is 14.4 Å². The third-order valence-electron chi connectivity index (χ3n) is 4.40. The summed E-state index contributed by atoms with van der Waals surface area (Å²) in [5.74, 6) is -0.290. The van der Waals surface area contributed by atoms with Crippen molar-refractivity contribution >= 4 is 45.8 Å². The number of Topliss-reactive ketones (excluding diaryl/α,β-unsaturated/α-hetero) is 1. The molecule has 10 heteroatoms. The van der Waals surface area contributed by atoms with E-state index in [4.69, 9.17) is 4.74 Å². The van der Waals surface area contributed by atoms with Crippen LogP contribution in [0.1, 0.15) is 39.4 Å². The summed E-state index contributed by atoms with van der Waals surface area (Å²) in [7, 11) is 1.84. The van der Waals surface area contributed by atoms with Crippen LogP contribution in [-0.4, -0.2) is 44.8 Å². The molecule has 2 heterocycles. The van der Waals surface area contributed by atoms with Crippen molar-refractivity contribution in [3.05, 3.63) is 46.3 Å². The van der Waals surface area contributed by atoms with Gasteiger partial charge in [0.1, 0.15) is 5.00 Å². The van der Waals surface area contributed by atoms with Crippen LogP contribution in [0.4, 0.5) is 5.00 Å². The number of thiophene rings is 1. The number of rotatable bonds is 8. The fourth-order valence-corrected chi connectivity index (χ4v) is 4.78. The number of ketones is 1. The first-order valence-corrected chi connectivity index (χ1v) is 11.3. The van der Waals surface area contributed by atoms with Gasteiger partial charge in [0.25, 0.3) is 0 Å². The number of amides is 1. The summed E-state index contributed by atoms with van der Waals surface area (Å²) in [6.07, 6.45) is 0. The largest absolute Gasteiger partial charge is 0.462 e. The van der Waals surface area contributed by atoms with Crippen molar-refractivity contribution in [3.63, 3.8) is 0 Å². The van der Waals surface area contributed by atoms with Crippen molar-refractivity contribution in [2.75, 3.05) is 17.7 Å². The van der Waals surface area contributed by atoms with E-state index >= 15 is 0 Å². The zero-order chi connectivity index (χ0) is 22.5. The van der Waals surface area contributed by atoms with Crippen LogP contribution in [0.15, 0.2) is 35.5 Å². The normalized spacial score (nSPS) is 10.7. The Balaban J connectivity index is 1.73. The van der Waals surface area contributed by atoms with E-state index in [1.807, 2.05) is 41.9 Å². The number of esters is 1. The number of hydrogen-bond acceptors (Lipinski definition) is 8. The molecule has 0 aliphatic carbocycles. The Kier molecular flexibility index (Phi) is 7.24. The Morgan fingerprint density at radius 2 is 1.90 bits per heavy atom. The number of carbonyl (C=O) groups is 3. The zero-order valence-electron chi connectivity index (χ0n) is 17.6. The molecule has 0 aliphatic rings. The van der Waals surface area contributed by atoms with Gasteiger partial charge in [-0.05, 0) is 26.3 Å². The smallest absolute Gasteiger partial charge is 0.341 e. The SMILES string of the molecule is CCOC(=O)c1c(NC(=O)CSc2nnc(-c3ccccc3)n2C)sc(C(C)=O)c1C. The van der Waals surface area contributed by atoms with E-state index in [0.29, 0.717) is 26.4 Å². The maximum atomic E-state index is 12.6. The van der Waals surface area contributed by atoms with E-state index in [1.54, 1.807) is 13.8 Å². The predicted molar refractivity (Wildman–Crippen MR) is 121 cm³/mol. The van der Waals surface area contributed by atoms with Crippen LogP contribution in [0, 0.1) is 6.92 Å². The van der Waals surface area contributed by atoms with Crippen LogP contribution in [0.5, 0.6) is 0 Å². The molecule has 162 valence electrons. The van der Waals surface area contributed by atoms with Crippen molar-refractivity contribution in [2.45, 2.75) is 25.9 Å². The molecule has 0 bridgehead atoms. The second-order valence-electron chi connectivity index (χ2n) is 6.61. The summed E-state index contributed by atoms with van der Waals surface area (Å²) < 4.78 is 6.91. The molecule has 3 aromatic rings. The molecule has 31 heavy (non-hydrogen) atoms. The van der Waals surface area contributed by atoms with Gasteiger partial charge in [0.15, 0.2) is 16.8 Å². The standard InChI is InChI=1S/C21H22N4O4S2/c1-5-29-20(28)16-12(2)17(13(3)26)31-19(16)22-15(27)11-30-21-24-23-18(25(21)4)14-9-7-6-8-10-14/h6-10H,5,11H2,1-4H3,(H,22,27). The lowest BCUT2D eigenvalue weighted by Crippen LogP contribution is -2.16. The van der Waals surface area contributed by atoms with Crippen molar-refractivity contribution < 1.29 is 19.1 Å². The molecule has 1 aromatic carbocycles. The number of benzene rings is 1. The minimum Gasteiger partial charge on any atom is -0.462 e. The molecule has 0 atom stereocenters. The average Bonchev–Trinajstić information content (AvgIpc) is 3.27. The van der Waals surface area contributed by atoms with E-state index < -0.39 is 5.97 Å². The summed E-state index contributed by atoms with van der Waals surface area (Å²) in [6, 6.07) is 9.64. The topological polar surface area (TPSA) is 103 Å². The molecule has 1 amide bonds. The number of nitrogens with zero attached hydrogens (tertiary/aromatic N) is 3. The van der Waals surface area contributed by atoms with E-state index in [-0.39, 0.29) is 29.6 Å². The fourth-order valence-electron chi connectivity index (χ4n) is 2.96. The van der Waals surface area contributed by atoms with Crippen LogP contribution in [0.3, 0.4) is 0 Å². The highest BCUT2D eigenvalue weighted by Crippen LogP contribution is 2.34. The number of carbonyl (C=O) groups excluding carboxylic acids is 3. The molecule has 0 saturated carbocycles. The van der Waals surface area contributed by atoms with Crippen molar-refractivity contribution in [1.82, 2.24) is 14.8 Å². The number of nitrogens with one attached hydrogen (secondary N) is 1. The summed E-state index contributed by atoms with van der Waals surface area (Å²) >= 11 is 2.31. The molecular formula is C21H22N4O4S2. The molecule has 2 aromatic heterocycles. The lowest BCUT2D eigenvalue weighted by Gasteiger charge is -2.07. The van der Waals surface area contributed by atoms with Crippen LogP contribution < -0.4 is 5.32 Å². The maximum absolute atomic E-state index is 12.6. The number of aromatic nitrogens is 3. The Morgan fingerprint density at radius 1 is 1.19 bits per heavy atom. The lowest BCUT2D eigenvalue weighted by molar-refractivity contribution is -0.113. The van der Waals surface area contributed by atoms with Gasteiger partial charge in [-0.25, -0.2) is 4.79 Å². The molecule has 0 aliphatic heterocycles. The number of anilines is 1. The maximum Gasteiger partial charge on any atom is 0.341 e. The zero-order valence-corrected chi connectivity index (χ0v) is 19.2. The Bertz CT molecular complexity index is 1120. The molecule has 8 nitrogen and oxygen atoms in total. The lowest BCUT2D eigenvalue weighted by atomic mass is 10.1. The molecular weight excluding hydrogens is 436 g/mol. The third kappa shape index (κ3) is 5.02. The molecule has 0 spiro atoms. The first kappa shape index (κ1) is 22.7. The van der Waals surface area contributed by atoms with Crippen LogP contribution >= 0.6 is 23.1 Å². The molecule has 0 unspecified atom stereocenters. The summed E-state index contributed by atoms with van der Waals surface area (Å²) in [6.45, 7) is 5.00. The monoisotopic (exact) mass is 458 g/mol. The molecule has 0 radical (unpaired) electrons. The first-order valence-electron chi connectivity index (χ1n) is 9.52. The summed E-state index contributed by atoms with van der Waals surface area (Å²) in [5, 5.41) is 12.0. The van der Waals surface area contributed by atoms with Crippen LogP contribution in [0.25, 0.3) is 11.4 Å². The summed E-state index contributed by atoms with van der Waals surface area (Å²) in [5.41, 5.74) is 1.67. The van der Waals surface area contributed by atoms with Gasteiger partial charge in [-0.3, -0.25) is 9.59 Å². The number of thioether (sulfide) groups is 1. The van der Waals surface area contributed by atoms with Gasteiger partial charge in [-0.2, -0.15) is 0 Å². The minimum absolute atomic E-state index is 0.0649. The number of hydrogen-bond donors (Lipinski definition) is 1. The highest BCUT2D eigenvalue weighted by molar-refractivity contribution is 7.99. The van der Waals surface area contributed by atoms with Gasteiger partial charge in [0, 0.05) is 12.6 Å². The van der Waals surface area contributed by atoms with Gasteiger partial charge in [-0.1, -0.05) is 42.1 Å².